The highest BCUT2D eigenvalue weighted by Crippen LogP contribution is 2.01. The monoisotopic (exact) mass is 275 g/mol. The van der Waals surface area contributed by atoms with Gasteiger partial charge in [0, 0.05) is 45.7 Å². The maximum Gasteiger partial charge on any atom is 0.221 e. The van der Waals surface area contributed by atoms with Crippen molar-refractivity contribution in [3.63, 3.8) is 0 Å². The van der Waals surface area contributed by atoms with E-state index in [2.05, 4.69) is 34.3 Å². The minimum absolute atomic E-state index is 0.167. The quantitative estimate of drug-likeness (QED) is 0.841. The van der Waals surface area contributed by atoms with Crippen molar-refractivity contribution in [1.82, 2.24) is 15.1 Å². The summed E-state index contributed by atoms with van der Waals surface area (Å²) < 4.78 is 0. The highest BCUT2D eigenvalue weighted by Gasteiger charge is 2.14. The number of rotatable bonds is 6. The minimum atomic E-state index is 0.167. The molecular weight excluding hydrogens is 250 g/mol. The Morgan fingerprint density at radius 3 is 2.55 bits per heavy atom. The summed E-state index contributed by atoms with van der Waals surface area (Å²) in [5.41, 5.74) is 1.27. The Morgan fingerprint density at radius 2 is 1.85 bits per heavy atom. The highest BCUT2D eigenvalue weighted by molar-refractivity contribution is 5.76. The minimum Gasteiger partial charge on any atom is -0.356 e. The fraction of sp³-hybridized carbons (Fsp3) is 0.562. The van der Waals surface area contributed by atoms with Crippen molar-refractivity contribution in [1.29, 1.82) is 0 Å². The SMILES string of the molecule is CN1CCN(CCC(=O)NCCc2ccccc2)CC1. The van der Waals surface area contributed by atoms with Gasteiger partial charge in [-0.3, -0.25) is 4.79 Å². The summed E-state index contributed by atoms with van der Waals surface area (Å²) in [5, 5.41) is 3.00. The number of amides is 1. The zero-order valence-corrected chi connectivity index (χ0v) is 12.3. The van der Waals surface area contributed by atoms with Crippen molar-refractivity contribution in [2.45, 2.75) is 12.8 Å². The zero-order chi connectivity index (χ0) is 14.2. The molecule has 20 heavy (non-hydrogen) atoms. The van der Waals surface area contributed by atoms with Gasteiger partial charge in [-0.1, -0.05) is 30.3 Å². The second-order valence-corrected chi connectivity index (χ2v) is 5.48. The zero-order valence-electron chi connectivity index (χ0n) is 12.3. The summed E-state index contributed by atoms with van der Waals surface area (Å²) in [5.74, 6) is 0.167. The molecule has 1 N–H and O–H groups in total. The van der Waals surface area contributed by atoms with Crippen molar-refractivity contribution in [3.05, 3.63) is 35.9 Å². The lowest BCUT2D eigenvalue weighted by Crippen LogP contribution is -2.45. The lowest BCUT2D eigenvalue weighted by molar-refractivity contribution is -0.121. The molecule has 0 unspecified atom stereocenters. The first-order valence-corrected chi connectivity index (χ1v) is 7.45. The molecule has 4 heteroatoms. The Morgan fingerprint density at radius 1 is 1.15 bits per heavy atom. The molecule has 1 aromatic rings. The van der Waals surface area contributed by atoms with E-state index in [0.717, 1.165) is 45.7 Å². The van der Waals surface area contributed by atoms with Crippen LogP contribution in [0.3, 0.4) is 0 Å². The Balaban J connectivity index is 1.56. The van der Waals surface area contributed by atoms with Crippen LogP contribution in [-0.2, 0) is 11.2 Å². The summed E-state index contributed by atoms with van der Waals surface area (Å²) in [6.07, 6.45) is 1.51. The van der Waals surface area contributed by atoms with Gasteiger partial charge >= 0.3 is 0 Å². The van der Waals surface area contributed by atoms with Gasteiger partial charge in [0.15, 0.2) is 0 Å². The van der Waals surface area contributed by atoms with Crippen molar-refractivity contribution < 1.29 is 4.79 Å². The Labute approximate surface area is 121 Å². The predicted octanol–water partition coefficient (Wildman–Crippen LogP) is 0.983. The number of carbonyl (C=O) groups is 1. The Kier molecular flexibility index (Phi) is 6.02. The third-order valence-electron chi connectivity index (χ3n) is 3.83. The van der Waals surface area contributed by atoms with Gasteiger partial charge in [-0.2, -0.15) is 0 Å². The van der Waals surface area contributed by atoms with Crippen LogP contribution in [0, 0.1) is 0 Å². The van der Waals surface area contributed by atoms with Crippen LogP contribution in [0.2, 0.25) is 0 Å². The summed E-state index contributed by atoms with van der Waals surface area (Å²) in [6.45, 7) is 5.98. The number of nitrogens with one attached hydrogen (secondary N) is 1. The molecule has 0 spiro atoms. The van der Waals surface area contributed by atoms with E-state index in [1.807, 2.05) is 18.2 Å². The number of piperazine rings is 1. The molecule has 1 aliphatic rings. The average molecular weight is 275 g/mol. The van der Waals surface area contributed by atoms with Crippen molar-refractivity contribution in [3.8, 4) is 0 Å². The number of nitrogens with zero attached hydrogens (tertiary/aromatic N) is 2. The molecule has 0 aromatic heterocycles. The van der Waals surface area contributed by atoms with E-state index in [9.17, 15) is 4.79 Å². The molecule has 4 nitrogen and oxygen atoms in total. The molecule has 0 atom stereocenters. The maximum absolute atomic E-state index is 11.8. The topological polar surface area (TPSA) is 35.6 Å². The number of benzene rings is 1. The molecule has 0 aliphatic carbocycles. The van der Waals surface area contributed by atoms with Crippen LogP contribution in [0.4, 0.5) is 0 Å². The van der Waals surface area contributed by atoms with E-state index < -0.39 is 0 Å². The first kappa shape index (κ1) is 15.0. The van der Waals surface area contributed by atoms with Gasteiger partial charge in [-0.15, -0.1) is 0 Å². The smallest absolute Gasteiger partial charge is 0.221 e. The van der Waals surface area contributed by atoms with E-state index in [0.29, 0.717) is 6.42 Å². The molecule has 1 aliphatic heterocycles. The first-order chi connectivity index (χ1) is 9.74. The van der Waals surface area contributed by atoms with E-state index in [1.165, 1.54) is 5.56 Å². The maximum atomic E-state index is 11.8. The molecule has 1 amide bonds. The second kappa shape index (κ2) is 8.02. The second-order valence-electron chi connectivity index (χ2n) is 5.48. The third kappa shape index (κ3) is 5.31. The molecule has 0 radical (unpaired) electrons. The van der Waals surface area contributed by atoms with E-state index >= 15 is 0 Å². The largest absolute Gasteiger partial charge is 0.356 e. The average Bonchev–Trinajstić information content (AvgIpc) is 2.48. The summed E-state index contributed by atoms with van der Waals surface area (Å²) in [7, 11) is 2.15. The summed E-state index contributed by atoms with van der Waals surface area (Å²) in [4.78, 5) is 16.5. The number of likely N-dealkylation sites (N-methyl/N-ethyl adjacent to an activating group) is 1. The first-order valence-electron chi connectivity index (χ1n) is 7.45. The fourth-order valence-corrected chi connectivity index (χ4v) is 2.41. The molecule has 0 saturated carbocycles. The van der Waals surface area contributed by atoms with Crippen LogP contribution in [0.25, 0.3) is 0 Å². The van der Waals surface area contributed by atoms with Crippen LogP contribution in [0.5, 0.6) is 0 Å². The normalized spacial score (nSPS) is 17.1. The van der Waals surface area contributed by atoms with Gasteiger partial charge in [0.2, 0.25) is 5.91 Å². The number of hydrogen-bond donors (Lipinski definition) is 1. The van der Waals surface area contributed by atoms with Crippen LogP contribution in [0.1, 0.15) is 12.0 Å². The third-order valence-corrected chi connectivity index (χ3v) is 3.83. The van der Waals surface area contributed by atoms with E-state index in [1.54, 1.807) is 0 Å². The van der Waals surface area contributed by atoms with Gasteiger partial charge < -0.3 is 15.1 Å². The molecular formula is C16H25N3O. The Bertz CT molecular complexity index is 399. The standard InChI is InChI=1S/C16H25N3O/c1-18-11-13-19(14-12-18)10-8-16(20)17-9-7-15-5-3-2-4-6-15/h2-6H,7-14H2,1H3,(H,17,20). The molecule has 1 aromatic carbocycles. The van der Waals surface area contributed by atoms with Crippen LogP contribution < -0.4 is 5.32 Å². The van der Waals surface area contributed by atoms with Crippen molar-refractivity contribution in [2.24, 2.45) is 0 Å². The fourth-order valence-electron chi connectivity index (χ4n) is 2.41. The van der Waals surface area contributed by atoms with Gasteiger partial charge in [0.1, 0.15) is 0 Å². The van der Waals surface area contributed by atoms with Crippen LogP contribution in [-0.4, -0.2) is 62.0 Å². The summed E-state index contributed by atoms with van der Waals surface area (Å²) in [6, 6.07) is 10.3. The lowest BCUT2D eigenvalue weighted by atomic mass is 10.1. The van der Waals surface area contributed by atoms with Gasteiger partial charge in [-0.25, -0.2) is 0 Å². The van der Waals surface area contributed by atoms with Crippen molar-refractivity contribution in [2.75, 3.05) is 46.3 Å². The van der Waals surface area contributed by atoms with Crippen LogP contribution in [0.15, 0.2) is 30.3 Å². The lowest BCUT2D eigenvalue weighted by Gasteiger charge is -2.32. The Hall–Kier alpha value is -1.39. The molecule has 2 rings (SSSR count). The van der Waals surface area contributed by atoms with E-state index in [-0.39, 0.29) is 5.91 Å². The van der Waals surface area contributed by atoms with E-state index in [4.69, 9.17) is 0 Å². The molecule has 110 valence electrons. The number of hydrogen-bond acceptors (Lipinski definition) is 3. The van der Waals surface area contributed by atoms with Gasteiger partial charge in [0.25, 0.3) is 0 Å². The molecule has 1 fully saturated rings. The van der Waals surface area contributed by atoms with Crippen molar-refractivity contribution >= 4 is 5.91 Å². The number of carbonyl (C=O) groups excluding carboxylic acids is 1. The molecule has 0 bridgehead atoms. The van der Waals surface area contributed by atoms with Crippen LogP contribution >= 0.6 is 0 Å². The van der Waals surface area contributed by atoms with Gasteiger partial charge in [0.05, 0.1) is 0 Å². The highest BCUT2D eigenvalue weighted by atomic mass is 16.1. The molecule has 1 saturated heterocycles. The molecule has 1 heterocycles. The predicted molar refractivity (Wildman–Crippen MR) is 81.7 cm³/mol. The summed E-state index contributed by atoms with van der Waals surface area (Å²) >= 11 is 0. The van der Waals surface area contributed by atoms with Gasteiger partial charge in [-0.05, 0) is 19.0 Å².